The van der Waals surface area contributed by atoms with Gasteiger partial charge in [-0.3, -0.25) is 0 Å². The Bertz CT molecular complexity index is 489. The Labute approximate surface area is 95.7 Å². The minimum atomic E-state index is 0.701. The number of anilines is 2. The van der Waals surface area contributed by atoms with Crippen molar-refractivity contribution in [2.24, 2.45) is 0 Å². The molecule has 2 N–H and O–H groups in total. The highest BCUT2D eigenvalue weighted by molar-refractivity contribution is 7.71. The van der Waals surface area contributed by atoms with E-state index in [1.54, 1.807) is 0 Å². The van der Waals surface area contributed by atoms with Crippen LogP contribution in [0.15, 0.2) is 30.3 Å². The van der Waals surface area contributed by atoms with Gasteiger partial charge in [0.25, 0.3) is 0 Å². The van der Waals surface area contributed by atoms with E-state index in [0.717, 1.165) is 15.3 Å². The number of nitrogens with one attached hydrogen (secondary N) is 2. The number of halogens is 1. The maximum atomic E-state index is 5.99. The highest BCUT2D eigenvalue weighted by Gasteiger charge is 1.99. The lowest BCUT2D eigenvalue weighted by Crippen LogP contribution is -1.86. The Morgan fingerprint density at radius 3 is 2.79 bits per heavy atom. The van der Waals surface area contributed by atoms with Gasteiger partial charge in [0.2, 0.25) is 0 Å². The lowest BCUT2D eigenvalue weighted by atomic mass is 10.3. The summed E-state index contributed by atoms with van der Waals surface area (Å²) in [5, 5.41) is 4.84. The summed E-state index contributed by atoms with van der Waals surface area (Å²) in [4.78, 5) is 0. The molecule has 72 valence electrons. The van der Waals surface area contributed by atoms with Crippen LogP contribution in [0.4, 0.5) is 10.7 Å². The molecule has 1 heterocycles. The third-order valence-electron chi connectivity index (χ3n) is 1.66. The van der Waals surface area contributed by atoms with Gasteiger partial charge in [-0.2, -0.15) is 0 Å². The van der Waals surface area contributed by atoms with E-state index in [4.69, 9.17) is 23.8 Å². The fraction of sp³-hybridized carbons (Fsp3) is 0. The van der Waals surface area contributed by atoms with Gasteiger partial charge in [-0.15, -0.1) is 0 Å². The fourth-order valence-electron chi connectivity index (χ4n) is 1.04. The Hall–Kier alpha value is -0.840. The number of H-pyrrole nitrogens is 1. The van der Waals surface area contributed by atoms with E-state index >= 15 is 0 Å². The lowest BCUT2D eigenvalue weighted by Gasteiger charge is -2.03. The zero-order valence-electron chi connectivity index (χ0n) is 7.08. The molecule has 0 atom stereocenters. The van der Waals surface area contributed by atoms with Gasteiger partial charge in [0.05, 0.1) is 10.7 Å². The number of aromatic amines is 1. The summed E-state index contributed by atoms with van der Waals surface area (Å²) in [6.45, 7) is 0. The lowest BCUT2D eigenvalue weighted by molar-refractivity contribution is 1.53. The third kappa shape index (κ3) is 2.15. The van der Waals surface area contributed by atoms with Crippen molar-refractivity contribution in [3.8, 4) is 0 Å². The number of hydrogen-bond donors (Lipinski definition) is 2. The Kier molecular flexibility index (Phi) is 2.86. The van der Waals surface area contributed by atoms with Gasteiger partial charge >= 0.3 is 0 Å². The summed E-state index contributed by atoms with van der Waals surface area (Å²) in [6.07, 6.45) is 0. The van der Waals surface area contributed by atoms with Crippen molar-refractivity contribution in [3.05, 3.63) is 40.0 Å². The van der Waals surface area contributed by atoms with Gasteiger partial charge < -0.3 is 9.69 Å². The molecule has 5 heteroatoms. The van der Waals surface area contributed by atoms with Crippen molar-refractivity contribution in [1.29, 1.82) is 0 Å². The zero-order valence-corrected chi connectivity index (χ0v) is 9.47. The predicted molar refractivity (Wildman–Crippen MR) is 64.2 cm³/mol. The van der Waals surface area contributed by atoms with Gasteiger partial charge in [0.15, 0.2) is 0 Å². The van der Waals surface area contributed by atoms with Crippen LogP contribution in [0.25, 0.3) is 0 Å². The van der Waals surface area contributed by atoms with Crippen molar-refractivity contribution in [2.45, 2.75) is 0 Å². The molecule has 0 saturated heterocycles. The molecule has 2 nitrogen and oxygen atoms in total. The van der Waals surface area contributed by atoms with Crippen molar-refractivity contribution >= 4 is 46.0 Å². The molecule has 14 heavy (non-hydrogen) atoms. The topological polar surface area (TPSA) is 27.8 Å². The van der Waals surface area contributed by atoms with Crippen LogP contribution in [-0.2, 0) is 0 Å². The van der Waals surface area contributed by atoms with Gasteiger partial charge in [-0.25, -0.2) is 0 Å². The zero-order chi connectivity index (χ0) is 9.97. The molecule has 0 spiro atoms. The maximum absolute atomic E-state index is 5.99. The van der Waals surface area contributed by atoms with Crippen LogP contribution in [0.3, 0.4) is 0 Å². The van der Waals surface area contributed by atoms with Gasteiger partial charge in [0.1, 0.15) is 9.64 Å². The van der Waals surface area contributed by atoms with Crippen molar-refractivity contribution in [1.82, 2.24) is 4.37 Å². The molecule has 1 aromatic carbocycles. The number of rotatable bonds is 2. The van der Waals surface area contributed by atoms with Gasteiger partial charge in [-0.1, -0.05) is 36.0 Å². The third-order valence-corrected chi connectivity index (χ3v) is 3.10. The first-order chi connectivity index (χ1) is 6.75. The number of para-hydroxylation sites is 1. The molecule has 0 bridgehead atoms. The minimum Gasteiger partial charge on any atom is -0.345 e. The molecule has 0 amide bonds. The van der Waals surface area contributed by atoms with Gasteiger partial charge in [0, 0.05) is 6.07 Å². The quantitative estimate of drug-likeness (QED) is 0.773. The second-order valence-electron chi connectivity index (χ2n) is 2.68. The Morgan fingerprint density at radius 2 is 2.14 bits per heavy atom. The number of benzene rings is 1. The van der Waals surface area contributed by atoms with Crippen LogP contribution in [-0.4, -0.2) is 4.37 Å². The molecule has 2 aromatic rings. The molecule has 0 saturated carbocycles. The summed E-state index contributed by atoms with van der Waals surface area (Å²) >= 11 is 12.4. The van der Waals surface area contributed by atoms with Crippen molar-refractivity contribution in [2.75, 3.05) is 5.32 Å². The average molecular weight is 243 g/mol. The van der Waals surface area contributed by atoms with Crippen LogP contribution in [0.1, 0.15) is 0 Å². The van der Waals surface area contributed by atoms with Crippen LogP contribution in [0, 0.1) is 4.64 Å². The summed E-state index contributed by atoms with van der Waals surface area (Å²) in [5.41, 5.74) is 0.888. The second kappa shape index (κ2) is 4.13. The standard InChI is InChI=1S/C9H7ClN2S2/c10-6-3-1-2-4-7(6)11-9-5-8(13)12-14-9/h1-5,11H,(H,12,13). The first kappa shape index (κ1) is 9.71. The maximum Gasteiger partial charge on any atom is 0.115 e. The van der Waals surface area contributed by atoms with E-state index in [9.17, 15) is 0 Å². The van der Waals surface area contributed by atoms with Crippen LogP contribution >= 0.6 is 35.4 Å². The second-order valence-corrected chi connectivity index (χ2v) is 4.38. The van der Waals surface area contributed by atoms with Crippen LogP contribution < -0.4 is 5.32 Å². The molecule has 2 rings (SSSR count). The SMILES string of the molecule is S=c1cc(Nc2ccccc2Cl)s[nH]1. The molecule has 0 aliphatic carbocycles. The van der Waals surface area contributed by atoms with Crippen LogP contribution in [0.2, 0.25) is 5.02 Å². The minimum absolute atomic E-state index is 0.701. The van der Waals surface area contributed by atoms with E-state index in [1.165, 1.54) is 11.5 Å². The number of hydrogen-bond acceptors (Lipinski definition) is 3. The average Bonchev–Trinajstić information content (AvgIpc) is 2.56. The summed E-state index contributed by atoms with van der Waals surface area (Å²) in [6, 6.07) is 9.46. The largest absolute Gasteiger partial charge is 0.345 e. The van der Waals surface area contributed by atoms with Gasteiger partial charge in [-0.05, 0) is 23.7 Å². The highest BCUT2D eigenvalue weighted by Crippen LogP contribution is 2.26. The molecule has 0 fully saturated rings. The predicted octanol–water partition coefficient (Wildman–Crippen LogP) is 4.20. The van der Waals surface area contributed by atoms with E-state index < -0.39 is 0 Å². The van der Waals surface area contributed by atoms with Crippen LogP contribution in [0.5, 0.6) is 0 Å². The monoisotopic (exact) mass is 242 g/mol. The Balaban J connectivity index is 2.27. The van der Waals surface area contributed by atoms with E-state index in [2.05, 4.69) is 9.69 Å². The van der Waals surface area contributed by atoms with E-state index in [-0.39, 0.29) is 0 Å². The molecule has 0 aliphatic rings. The first-order valence-electron chi connectivity index (χ1n) is 3.96. The first-order valence-corrected chi connectivity index (χ1v) is 5.56. The summed E-state index contributed by atoms with van der Waals surface area (Å²) in [5.74, 6) is 0. The normalized spacial score (nSPS) is 10.1. The Morgan fingerprint density at radius 1 is 1.36 bits per heavy atom. The molecular formula is C9H7ClN2S2. The molecular weight excluding hydrogens is 236 g/mol. The van der Waals surface area contributed by atoms with E-state index in [1.807, 2.05) is 30.3 Å². The van der Waals surface area contributed by atoms with Crippen molar-refractivity contribution < 1.29 is 0 Å². The van der Waals surface area contributed by atoms with Crippen molar-refractivity contribution in [3.63, 3.8) is 0 Å². The molecule has 1 aromatic heterocycles. The fourth-order valence-corrected chi connectivity index (χ4v) is 2.15. The molecule has 0 unspecified atom stereocenters. The molecule has 0 aliphatic heterocycles. The molecule has 0 radical (unpaired) electrons. The van der Waals surface area contributed by atoms with E-state index in [0.29, 0.717) is 5.02 Å². The smallest absolute Gasteiger partial charge is 0.115 e. The number of aromatic nitrogens is 1. The summed E-state index contributed by atoms with van der Waals surface area (Å²) < 4.78 is 3.69. The highest BCUT2D eigenvalue weighted by atomic mass is 35.5. The summed E-state index contributed by atoms with van der Waals surface area (Å²) in [7, 11) is 0.